The zero-order valence-electron chi connectivity index (χ0n) is 11.2. The summed E-state index contributed by atoms with van der Waals surface area (Å²) in [6, 6.07) is 7.65. The molecule has 23 heavy (non-hydrogen) atoms. The summed E-state index contributed by atoms with van der Waals surface area (Å²) in [5.74, 6) is 0.417. The van der Waals surface area contributed by atoms with Gasteiger partial charge >= 0.3 is 0 Å². The minimum Gasteiger partial charge on any atom is -0.457 e. The summed E-state index contributed by atoms with van der Waals surface area (Å²) in [7, 11) is 0. The molecule has 0 aliphatic carbocycles. The lowest BCUT2D eigenvalue weighted by Gasteiger charge is -2.00. The van der Waals surface area contributed by atoms with Crippen LogP contribution in [0.5, 0.6) is 0 Å². The molecule has 2 aromatic rings. The minimum absolute atomic E-state index is 0.0351. The fourth-order valence-electron chi connectivity index (χ4n) is 1.94. The average Bonchev–Trinajstić information content (AvgIpc) is 3.06. The molecule has 7 nitrogen and oxygen atoms in total. The molecule has 1 saturated heterocycles. The molecule has 2 heterocycles. The Bertz CT molecular complexity index is 874. The summed E-state index contributed by atoms with van der Waals surface area (Å²) in [5.41, 5.74) is 0.604. The average molecular weight is 395 g/mol. The van der Waals surface area contributed by atoms with Crippen molar-refractivity contribution in [2.45, 2.75) is 0 Å². The van der Waals surface area contributed by atoms with Crippen LogP contribution in [0.1, 0.15) is 5.76 Å². The van der Waals surface area contributed by atoms with Crippen LogP contribution >= 0.6 is 27.7 Å². The number of rotatable bonds is 3. The number of benzene rings is 1. The zero-order chi connectivity index (χ0) is 16.6. The Kier molecular flexibility index (Phi) is 4.05. The highest BCUT2D eigenvalue weighted by molar-refractivity contribution is 9.10. The molecule has 0 unspecified atom stereocenters. The Labute approximate surface area is 142 Å². The second kappa shape index (κ2) is 6.01. The van der Waals surface area contributed by atoms with Crippen LogP contribution in [0.15, 0.2) is 44.1 Å². The number of nitrogens with one attached hydrogen (secondary N) is 1. The second-order valence-corrected chi connectivity index (χ2v) is 6.34. The van der Waals surface area contributed by atoms with Crippen LogP contribution in [0.25, 0.3) is 17.4 Å². The third-order valence-electron chi connectivity index (χ3n) is 2.97. The first-order valence-corrected chi connectivity index (χ1v) is 7.84. The van der Waals surface area contributed by atoms with Crippen molar-refractivity contribution in [1.29, 1.82) is 0 Å². The van der Waals surface area contributed by atoms with Gasteiger partial charge in [0, 0.05) is 28.2 Å². The minimum atomic E-state index is -0.487. The number of thioether (sulfide) groups is 1. The highest BCUT2D eigenvalue weighted by Crippen LogP contribution is 2.34. The third kappa shape index (κ3) is 3.20. The van der Waals surface area contributed by atoms with Crippen molar-refractivity contribution in [2.24, 2.45) is 0 Å². The molecule has 1 aromatic heterocycles. The van der Waals surface area contributed by atoms with Gasteiger partial charge in [-0.05, 0) is 45.9 Å². The van der Waals surface area contributed by atoms with E-state index in [0.29, 0.717) is 21.6 Å². The van der Waals surface area contributed by atoms with Crippen molar-refractivity contribution in [3.05, 3.63) is 55.6 Å². The molecule has 2 amide bonds. The predicted molar refractivity (Wildman–Crippen MR) is 87.6 cm³/mol. The summed E-state index contributed by atoms with van der Waals surface area (Å²) >= 11 is 4.07. The van der Waals surface area contributed by atoms with E-state index in [1.165, 1.54) is 18.2 Å². The normalized spacial score (nSPS) is 16.0. The Balaban J connectivity index is 1.91. The van der Waals surface area contributed by atoms with Crippen LogP contribution in [-0.4, -0.2) is 16.1 Å². The third-order valence-corrected chi connectivity index (χ3v) is 4.44. The van der Waals surface area contributed by atoms with Crippen LogP contribution in [0.2, 0.25) is 0 Å². The highest BCUT2D eigenvalue weighted by atomic mass is 79.9. The number of hydrogen-bond donors (Lipinski definition) is 1. The number of nitro benzene ring substituents is 1. The van der Waals surface area contributed by atoms with Crippen molar-refractivity contribution >= 4 is 50.6 Å². The molecule has 0 bridgehead atoms. The topological polar surface area (TPSA) is 102 Å². The van der Waals surface area contributed by atoms with Gasteiger partial charge in [0.15, 0.2) is 0 Å². The Morgan fingerprint density at radius 1 is 1.26 bits per heavy atom. The lowest BCUT2D eigenvalue weighted by molar-refractivity contribution is -0.384. The molecule has 1 aliphatic rings. The number of halogens is 1. The molecule has 1 aliphatic heterocycles. The molecule has 0 atom stereocenters. The van der Waals surface area contributed by atoms with Gasteiger partial charge in [-0.15, -0.1) is 0 Å². The number of furan rings is 1. The molecule has 116 valence electrons. The lowest BCUT2D eigenvalue weighted by Crippen LogP contribution is -2.17. The SMILES string of the molecule is O=C1NC(=O)C(=Cc2ccc(-c3ccc([N+](=O)[O-])cc3Br)o2)S1. The van der Waals surface area contributed by atoms with E-state index in [2.05, 4.69) is 21.2 Å². The monoisotopic (exact) mass is 394 g/mol. The summed E-state index contributed by atoms with van der Waals surface area (Å²) in [6.45, 7) is 0. The van der Waals surface area contributed by atoms with Gasteiger partial charge in [0.25, 0.3) is 16.8 Å². The molecule has 1 fully saturated rings. The number of carbonyl (C=O) groups is 2. The van der Waals surface area contributed by atoms with E-state index in [9.17, 15) is 19.7 Å². The van der Waals surface area contributed by atoms with Gasteiger partial charge in [-0.25, -0.2) is 0 Å². The molecule has 0 spiro atoms. The second-order valence-electron chi connectivity index (χ2n) is 4.48. The first-order valence-electron chi connectivity index (χ1n) is 6.23. The van der Waals surface area contributed by atoms with E-state index in [1.807, 2.05) is 0 Å². The Morgan fingerprint density at radius 3 is 2.65 bits per heavy atom. The zero-order valence-corrected chi connectivity index (χ0v) is 13.6. The van der Waals surface area contributed by atoms with Crippen LogP contribution in [0.3, 0.4) is 0 Å². The van der Waals surface area contributed by atoms with E-state index in [-0.39, 0.29) is 10.6 Å². The van der Waals surface area contributed by atoms with Crippen LogP contribution in [-0.2, 0) is 4.79 Å². The Morgan fingerprint density at radius 2 is 2.04 bits per heavy atom. The smallest absolute Gasteiger partial charge is 0.290 e. The van der Waals surface area contributed by atoms with Crippen molar-refractivity contribution < 1.29 is 18.9 Å². The van der Waals surface area contributed by atoms with Crippen molar-refractivity contribution in [3.8, 4) is 11.3 Å². The van der Waals surface area contributed by atoms with E-state index in [4.69, 9.17) is 4.42 Å². The number of imide groups is 1. The molecular formula is C14H7BrN2O5S. The van der Waals surface area contributed by atoms with Gasteiger partial charge < -0.3 is 4.42 Å². The number of non-ortho nitro benzene ring substituents is 1. The quantitative estimate of drug-likeness (QED) is 0.480. The summed E-state index contributed by atoms with van der Waals surface area (Å²) in [6.07, 6.45) is 1.47. The first kappa shape index (κ1) is 15.5. The maximum absolute atomic E-state index is 11.5. The van der Waals surface area contributed by atoms with Crippen LogP contribution in [0, 0.1) is 10.1 Å². The van der Waals surface area contributed by atoms with E-state index in [1.54, 1.807) is 18.2 Å². The van der Waals surface area contributed by atoms with E-state index < -0.39 is 16.1 Å². The van der Waals surface area contributed by atoms with Crippen molar-refractivity contribution in [3.63, 3.8) is 0 Å². The maximum atomic E-state index is 11.5. The Hall–Kier alpha value is -2.39. The molecule has 0 saturated carbocycles. The van der Waals surface area contributed by atoms with Gasteiger partial charge in [-0.1, -0.05) is 0 Å². The molecule has 1 N–H and O–H groups in total. The number of nitro groups is 1. The summed E-state index contributed by atoms with van der Waals surface area (Å²) in [5, 5.41) is 12.5. The van der Waals surface area contributed by atoms with Gasteiger partial charge in [0.2, 0.25) is 0 Å². The first-order chi connectivity index (χ1) is 10.9. The van der Waals surface area contributed by atoms with Gasteiger partial charge in [-0.2, -0.15) is 0 Å². The van der Waals surface area contributed by atoms with Crippen molar-refractivity contribution in [2.75, 3.05) is 0 Å². The fraction of sp³-hybridized carbons (Fsp3) is 0. The standard InChI is InChI=1S/C14H7BrN2O5S/c15-10-5-7(17(20)21)1-3-9(10)11-4-2-8(22-11)6-12-13(18)16-14(19)23-12/h1-6H,(H,16,18,19). The fourth-order valence-corrected chi connectivity index (χ4v) is 3.17. The van der Waals surface area contributed by atoms with Gasteiger partial charge in [0.05, 0.1) is 9.83 Å². The van der Waals surface area contributed by atoms with Gasteiger partial charge in [0.1, 0.15) is 11.5 Å². The number of carbonyl (C=O) groups excluding carboxylic acids is 2. The van der Waals surface area contributed by atoms with E-state index >= 15 is 0 Å². The highest BCUT2D eigenvalue weighted by Gasteiger charge is 2.25. The predicted octanol–water partition coefficient (Wildman–Crippen LogP) is 3.94. The van der Waals surface area contributed by atoms with Crippen LogP contribution in [0.4, 0.5) is 10.5 Å². The number of hydrogen-bond acceptors (Lipinski definition) is 6. The summed E-state index contributed by atoms with van der Waals surface area (Å²) < 4.78 is 6.13. The summed E-state index contributed by atoms with van der Waals surface area (Å²) in [4.78, 5) is 33.1. The maximum Gasteiger partial charge on any atom is 0.290 e. The van der Waals surface area contributed by atoms with E-state index in [0.717, 1.165) is 11.8 Å². The molecule has 1 aromatic carbocycles. The van der Waals surface area contributed by atoms with Gasteiger partial charge in [-0.3, -0.25) is 25.0 Å². The lowest BCUT2D eigenvalue weighted by atomic mass is 10.1. The number of amides is 2. The molecule has 3 rings (SSSR count). The largest absolute Gasteiger partial charge is 0.457 e. The van der Waals surface area contributed by atoms with Crippen LogP contribution < -0.4 is 5.32 Å². The molecular weight excluding hydrogens is 388 g/mol. The van der Waals surface area contributed by atoms with Crippen molar-refractivity contribution in [1.82, 2.24) is 5.32 Å². The number of nitrogens with zero attached hydrogens (tertiary/aromatic N) is 1. The molecule has 0 radical (unpaired) electrons. The molecule has 9 heteroatoms.